The maximum Gasteiger partial charge on any atom is 0.262 e. The van der Waals surface area contributed by atoms with Crippen LogP contribution < -0.4 is 20.7 Å². The van der Waals surface area contributed by atoms with Gasteiger partial charge in [-0.05, 0) is 45.9 Å². The van der Waals surface area contributed by atoms with Crippen molar-refractivity contribution in [1.82, 2.24) is 5.32 Å². The molecule has 1 atom stereocenters. The van der Waals surface area contributed by atoms with E-state index in [1.54, 1.807) is 19.1 Å². The molecule has 1 aromatic rings. The summed E-state index contributed by atoms with van der Waals surface area (Å²) in [6, 6.07) is 4.96. The third-order valence-corrected chi connectivity index (χ3v) is 2.89. The fraction of sp³-hybridized carbons (Fsp3) is 0.467. The molecule has 1 aliphatic rings. The standard InChI is InChI=1S/C15H21N3O3/c1-9(14(20)18-15(2,3)4)16-10-5-6-12-11(7-10)17-13(19)8-21-12/h5-7,9,16H,8H2,1-4H3,(H,17,19)(H,18,20)/t9-/m1/s1. The number of nitrogens with one attached hydrogen (secondary N) is 3. The van der Waals surface area contributed by atoms with Crippen molar-refractivity contribution in [3.8, 4) is 5.75 Å². The molecule has 0 bridgehead atoms. The molecule has 0 saturated heterocycles. The molecule has 0 unspecified atom stereocenters. The van der Waals surface area contributed by atoms with Gasteiger partial charge in [0.2, 0.25) is 5.91 Å². The molecule has 0 saturated carbocycles. The number of carbonyl (C=O) groups excluding carboxylic acids is 2. The lowest BCUT2D eigenvalue weighted by Gasteiger charge is -2.24. The second kappa shape index (κ2) is 5.63. The van der Waals surface area contributed by atoms with Crippen molar-refractivity contribution in [3.63, 3.8) is 0 Å². The number of carbonyl (C=O) groups is 2. The van der Waals surface area contributed by atoms with Crippen LogP contribution in [0.25, 0.3) is 0 Å². The Morgan fingerprint density at radius 1 is 1.38 bits per heavy atom. The summed E-state index contributed by atoms with van der Waals surface area (Å²) in [6.07, 6.45) is 0. The highest BCUT2D eigenvalue weighted by Gasteiger charge is 2.20. The molecule has 114 valence electrons. The zero-order valence-electron chi connectivity index (χ0n) is 12.7. The second-order valence-electron chi connectivity index (χ2n) is 6.15. The highest BCUT2D eigenvalue weighted by molar-refractivity contribution is 5.96. The number of benzene rings is 1. The lowest BCUT2D eigenvalue weighted by Crippen LogP contribution is -2.47. The summed E-state index contributed by atoms with van der Waals surface area (Å²) >= 11 is 0. The number of rotatable bonds is 3. The molecule has 21 heavy (non-hydrogen) atoms. The van der Waals surface area contributed by atoms with Gasteiger partial charge in [-0.1, -0.05) is 0 Å². The Labute approximate surface area is 124 Å². The van der Waals surface area contributed by atoms with Crippen LogP contribution in [0.4, 0.5) is 11.4 Å². The monoisotopic (exact) mass is 291 g/mol. The first-order valence-electron chi connectivity index (χ1n) is 6.90. The Hall–Kier alpha value is -2.24. The zero-order chi connectivity index (χ0) is 15.6. The smallest absolute Gasteiger partial charge is 0.262 e. The van der Waals surface area contributed by atoms with Crippen LogP contribution in [0.1, 0.15) is 27.7 Å². The van der Waals surface area contributed by atoms with E-state index in [4.69, 9.17) is 4.74 Å². The van der Waals surface area contributed by atoms with Crippen LogP contribution >= 0.6 is 0 Å². The van der Waals surface area contributed by atoms with Crippen molar-refractivity contribution < 1.29 is 14.3 Å². The molecule has 0 aliphatic carbocycles. The summed E-state index contributed by atoms with van der Waals surface area (Å²) in [7, 11) is 0. The maximum atomic E-state index is 12.0. The third-order valence-electron chi connectivity index (χ3n) is 2.89. The van der Waals surface area contributed by atoms with Crippen LogP contribution in [0, 0.1) is 0 Å². The third kappa shape index (κ3) is 4.11. The second-order valence-corrected chi connectivity index (χ2v) is 6.15. The number of anilines is 2. The van der Waals surface area contributed by atoms with E-state index < -0.39 is 0 Å². The Kier molecular flexibility index (Phi) is 4.06. The molecular weight excluding hydrogens is 270 g/mol. The van der Waals surface area contributed by atoms with Crippen molar-refractivity contribution in [2.45, 2.75) is 39.3 Å². The Bertz CT molecular complexity index is 564. The van der Waals surface area contributed by atoms with Gasteiger partial charge in [0.1, 0.15) is 11.8 Å². The highest BCUT2D eigenvalue weighted by atomic mass is 16.5. The fourth-order valence-electron chi connectivity index (χ4n) is 1.97. The van der Waals surface area contributed by atoms with Crippen molar-refractivity contribution >= 4 is 23.2 Å². The van der Waals surface area contributed by atoms with Crippen LogP contribution in [0.3, 0.4) is 0 Å². The Morgan fingerprint density at radius 3 is 2.76 bits per heavy atom. The minimum Gasteiger partial charge on any atom is -0.482 e. The van der Waals surface area contributed by atoms with Gasteiger partial charge >= 0.3 is 0 Å². The van der Waals surface area contributed by atoms with Gasteiger partial charge < -0.3 is 20.7 Å². The van der Waals surface area contributed by atoms with Crippen molar-refractivity contribution in [1.29, 1.82) is 0 Å². The average molecular weight is 291 g/mol. The summed E-state index contributed by atoms with van der Waals surface area (Å²) < 4.78 is 5.29. The molecule has 1 aromatic carbocycles. The molecule has 0 fully saturated rings. The van der Waals surface area contributed by atoms with Gasteiger partial charge in [0.25, 0.3) is 5.91 Å². The average Bonchev–Trinajstić information content (AvgIpc) is 2.36. The molecule has 1 aliphatic heterocycles. The summed E-state index contributed by atoms with van der Waals surface area (Å²) in [5.41, 5.74) is 1.08. The predicted molar refractivity (Wildman–Crippen MR) is 81.5 cm³/mol. The van der Waals surface area contributed by atoms with Crippen LogP contribution in [-0.4, -0.2) is 30.0 Å². The summed E-state index contributed by atoms with van der Waals surface area (Å²) in [5.74, 6) is 0.366. The molecule has 2 rings (SSSR count). The van der Waals surface area contributed by atoms with Gasteiger partial charge in [-0.2, -0.15) is 0 Å². The molecule has 1 heterocycles. The van der Waals surface area contributed by atoms with Gasteiger partial charge in [0.15, 0.2) is 6.61 Å². The van der Waals surface area contributed by atoms with Crippen molar-refractivity contribution in [3.05, 3.63) is 18.2 Å². The number of hydrogen-bond acceptors (Lipinski definition) is 4. The maximum absolute atomic E-state index is 12.0. The number of ether oxygens (including phenoxy) is 1. The van der Waals surface area contributed by atoms with Crippen LogP contribution in [0.5, 0.6) is 5.75 Å². The lowest BCUT2D eigenvalue weighted by atomic mass is 10.1. The quantitative estimate of drug-likeness (QED) is 0.792. The van der Waals surface area contributed by atoms with E-state index in [1.165, 1.54) is 0 Å². The van der Waals surface area contributed by atoms with Gasteiger partial charge in [-0.25, -0.2) is 0 Å². The van der Waals surface area contributed by atoms with E-state index in [0.29, 0.717) is 11.4 Å². The van der Waals surface area contributed by atoms with Crippen LogP contribution in [-0.2, 0) is 9.59 Å². The van der Waals surface area contributed by atoms with Gasteiger partial charge in [-0.3, -0.25) is 9.59 Å². The van der Waals surface area contributed by atoms with Gasteiger partial charge in [0, 0.05) is 11.2 Å². The van der Waals surface area contributed by atoms with E-state index >= 15 is 0 Å². The molecule has 3 N–H and O–H groups in total. The van der Waals surface area contributed by atoms with Gasteiger partial charge in [0.05, 0.1) is 5.69 Å². The minimum atomic E-state index is -0.387. The minimum absolute atomic E-state index is 0.0319. The zero-order valence-corrected chi connectivity index (χ0v) is 12.7. The Balaban J connectivity index is 2.04. The van der Waals surface area contributed by atoms with E-state index in [0.717, 1.165) is 5.69 Å². The first-order chi connectivity index (χ1) is 9.74. The van der Waals surface area contributed by atoms with E-state index in [1.807, 2.05) is 26.8 Å². The molecular formula is C15H21N3O3. The van der Waals surface area contributed by atoms with Crippen LogP contribution in [0.15, 0.2) is 18.2 Å². The SMILES string of the molecule is C[C@@H](Nc1ccc2c(c1)NC(=O)CO2)C(=O)NC(C)(C)C. The molecule has 2 amide bonds. The lowest BCUT2D eigenvalue weighted by molar-refractivity contribution is -0.123. The fourth-order valence-corrected chi connectivity index (χ4v) is 1.97. The molecule has 0 spiro atoms. The summed E-state index contributed by atoms with van der Waals surface area (Å²) in [4.78, 5) is 23.3. The largest absolute Gasteiger partial charge is 0.482 e. The molecule has 0 aromatic heterocycles. The molecule has 0 radical (unpaired) electrons. The molecule has 6 heteroatoms. The topological polar surface area (TPSA) is 79.5 Å². The first kappa shape index (κ1) is 15.2. The van der Waals surface area contributed by atoms with Gasteiger partial charge in [-0.15, -0.1) is 0 Å². The van der Waals surface area contributed by atoms with E-state index in [9.17, 15) is 9.59 Å². The number of amides is 2. The van der Waals surface area contributed by atoms with Crippen LogP contribution in [0.2, 0.25) is 0 Å². The normalized spacial score (nSPS) is 15.3. The van der Waals surface area contributed by atoms with Crippen molar-refractivity contribution in [2.75, 3.05) is 17.2 Å². The summed E-state index contributed by atoms with van der Waals surface area (Å²) in [5, 5.41) is 8.76. The van der Waals surface area contributed by atoms with E-state index in [2.05, 4.69) is 16.0 Å². The van der Waals surface area contributed by atoms with Crippen molar-refractivity contribution in [2.24, 2.45) is 0 Å². The predicted octanol–water partition coefficient (Wildman–Crippen LogP) is 1.73. The molecule has 6 nitrogen and oxygen atoms in total. The number of hydrogen-bond donors (Lipinski definition) is 3. The first-order valence-corrected chi connectivity index (χ1v) is 6.90. The Morgan fingerprint density at radius 2 is 2.10 bits per heavy atom. The summed E-state index contributed by atoms with van der Waals surface area (Å²) in [6.45, 7) is 7.62. The van der Waals surface area contributed by atoms with E-state index in [-0.39, 0.29) is 30.0 Å². The highest BCUT2D eigenvalue weighted by Crippen LogP contribution is 2.30. The number of fused-ring (bicyclic) bond motifs is 1.